The highest BCUT2D eigenvalue weighted by molar-refractivity contribution is 7.90. The van der Waals surface area contributed by atoms with Crippen molar-refractivity contribution in [1.29, 1.82) is 0 Å². The zero-order valence-corrected chi connectivity index (χ0v) is 38.4. The number of amides is 1. The minimum atomic E-state index is -4.63. The number of H-pyrrole nitrogens is 1. The second kappa shape index (κ2) is 17.6. The molecule has 5 fully saturated rings. The smallest absolute Gasteiger partial charge is 0.312 e. The zero-order chi connectivity index (χ0) is 45.8. The number of sulfonamides is 1. The molecule has 4 N–H and O–H groups in total. The van der Waals surface area contributed by atoms with E-state index in [-0.39, 0.29) is 28.5 Å². The third kappa shape index (κ3) is 9.22. The molecule has 2 aromatic carbocycles. The fourth-order valence-corrected chi connectivity index (χ4v) is 11.9. The van der Waals surface area contributed by atoms with Crippen molar-refractivity contribution in [3.63, 3.8) is 0 Å². The van der Waals surface area contributed by atoms with E-state index < -0.39 is 37.0 Å². The number of carbonyl (C=O) groups excluding carboxylic acids is 1. The third-order valence-electron chi connectivity index (χ3n) is 15.1. The van der Waals surface area contributed by atoms with E-state index in [1.165, 1.54) is 37.4 Å². The Labute approximate surface area is 385 Å². The molecule has 5 heterocycles. The number of pyridine rings is 2. The van der Waals surface area contributed by atoms with Crippen LogP contribution in [0.25, 0.3) is 11.0 Å². The number of ether oxygens (including phenoxy) is 1. The van der Waals surface area contributed by atoms with E-state index in [1.54, 1.807) is 36.9 Å². The second-order valence-electron chi connectivity index (χ2n) is 19.9. The lowest BCUT2D eigenvalue weighted by molar-refractivity contribution is -0.384. The van der Waals surface area contributed by atoms with Gasteiger partial charge in [0.2, 0.25) is 5.82 Å². The van der Waals surface area contributed by atoms with Crippen LogP contribution >= 0.6 is 0 Å². The first kappa shape index (κ1) is 44.2. The summed E-state index contributed by atoms with van der Waals surface area (Å²) in [4.78, 5) is 44.1. The van der Waals surface area contributed by atoms with Crippen molar-refractivity contribution in [3.05, 3.63) is 106 Å². The molecular weight excluding hydrogens is 859 g/mol. The number of hydrogen-bond acceptors (Lipinski definition) is 13. The Morgan fingerprint density at radius 3 is 2.45 bits per heavy atom. The topological polar surface area (TPSA) is 199 Å². The van der Waals surface area contributed by atoms with Crippen molar-refractivity contribution < 1.29 is 28.0 Å². The van der Waals surface area contributed by atoms with E-state index >= 15 is 0 Å². The van der Waals surface area contributed by atoms with Crippen molar-refractivity contribution in [2.75, 3.05) is 56.5 Å². The Bertz CT molecular complexity index is 2730. The lowest BCUT2D eigenvalue weighted by Gasteiger charge is -2.58. The number of nitrogens with one attached hydrogen (secondary N) is 3. The molecule has 1 amide bonds. The summed E-state index contributed by atoms with van der Waals surface area (Å²) in [6.45, 7) is 7.06. The number of carbonyl (C=O) groups is 1. The normalized spacial score (nSPS) is 24.0. The van der Waals surface area contributed by atoms with Crippen LogP contribution < -0.4 is 19.7 Å². The largest absolute Gasteiger partial charge is 0.455 e. The summed E-state index contributed by atoms with van der Waals surface area (Å²) < 4.78 is 35.9. The molecule has 0 bridgehead atoms. The summed E-state index contributed by atoms with van der Waals surface area (Å²) in [5, 5.41) is 26.2. The van der Waals surface area contributed by atoms with Gasteiger partial charge < -0.3 is 29.9 Å². The Morgan fingerprint density at radius 1 is 0.955 bits per heavy atom. The molecule has 3 aromatic heterocycles. The number of aromatic nitrogens is 3. The molecule has 2 aliphatic heterocycles. The zero-order valence-electron chi connectivity index (χ0n) is 37.6. The van der Waals surface area contributed by atoms with Crippen LogP contribution in [0.1, 0.15) is 105 Å². The molecule has 3 aliphatic carbocycles. The molecular formula is C49H59N9O7S. The molecule has 66 heavy (non-hydrogen) atoms. The average Bonchev–Trinajstić information content (AvgIpc) is 4.04. The number of nitrogens with zero attached hydrogens (tertiary/aromatic N) is 6. The molecule has 16 nitrogen and oxygen atoms in total. The highest BCUT2D eigenvalue weighted by Crippen LogP contribution is 2.54. The molecule has 0 unspecified atom stereocenters. The first-order chi connectivity index (χ1) is 31.7. The van der Waals surface area contributed by atoms with Gasteiger partial charge in [-0.05, 0) is 131 Å². The Balaban J connectivity index is 0.836. The van der Waals surface area contributed by atoms with E-state index in [2.05, 4.69) is 71.0 Å². The van der Waals surface area contributed by atoms with Crippen LogP contribution in [-0.2, 0) is 10.0 Å². The molecule has 17 heteroatoms. The molecule has 1 atom stereocenters. The molecule has 5 aromatic rings. The van der Waals surface area contributed by atoms with Crippen molar-refractivity contribution >= 4 is 44.2 Å². The summed E-state index contributed by atoms with van der Waals surface area (Å²) in [5.41, 5.74) is 3.57. The number of fused-ring (bicyclic) bond motifs is 1. The second-order valence-corrected chi connectivity index (χ2v) is 21.6. The van der Waals surface area contributed by atoms with Gasteiger partial charge in [0, 0.05) is 80.8 Å². The predicted molar refractivity (Wildman–Crippen MR) is 251 cm³/mol. The van der Waals surface area contributed by atoms with Gasteiger partial charge in [0.25, 0.3) is 15.9 Å². The third-order valence-corrected chi connectivity index (χ3v) is 16.4. The van der Waals surface area contributed by atoms with Crippen molar-refractivity contribution in [3.8, 4) is 11.5 Å². The lowest BCUT2D eigenvalue weighted by Crippen LogP contribution is -2.59. The summed E-state index contributed by atoms with van der Waals surface area (Å²) in [7, 11) is -2.38. The number of rotatable bonds is 13. The van der Waals surface area contributed by atoms with Gasteiger partial charge >= 0.3 is 5.69 Å². The van der Waals surface area contributed by atoms with Gasteiger partial charge in [0.15, 0.2) is 0 Å². The van der Waals surface area contributed by atoms with Gasteiger partial charge in [-0.1, -0.05) is 24.3 Å². The minimum absolute atomic E-state index is 0.0380. The summed E-state index contributed by atoms with van der Waals surface area (Å²) in [6, 6.07) is 19.8. The highest BCUT2D eigenvalue weighted by atomic mass is 32.2. The van der Waals surface area contributed by atoms with Crippen LogP contribution in [0, 0.1) is 21.4 Å². The first-order valence-electron chi connectivity index (χ1n) is 23.4. The maximum atomic E-state index is 14.0. The van der Waals surface area contributed by atoms with Gasteiger partial charge in [0.05, 0.1) is 28.5 Å². The van der Waals surface area contributed by atoms with E-state index in [0.717, 1.165) is 81.7 Å². The van der Waals surface area contributed by atoms with Crippen molar-refractivity contribution in [2.45, 2.75) is 99.6 Å². The number of aliphatic hydroxyl groups is 1. The molecule has 348 valence electrons. The van der Waals surface area contributed by atoms with Crippen LogP contribution in [0.4, 0.5) is 17.2 Å². The fourth-order valence-electron chi connectivity index (χ4n) is 11.0. The van der Waals surface area contributed by atoms with Crippen molar-refractivity contribution in [1.82, 2.24) is 29.5 Å². The maximum Gasteiger partial charge on any atom is 0.312 e. The monoisotopic (exact) mass is 917 g/mol. The Morgan fingerprint density at radius 2 is 1.71 bits per heavy atom. The molecule has 3 saturated carbocycles. The predicted octanol–water partition coefficient (Wildman–Crippen LogP) is 7.75. The average molecular weight is 918 g/mol. The number of likely N-dealkylation sites (N-methyl/N-ethyl adjacent to an activating group) is 1. The number of hydrogen-bond donors (Lipinski definition) is 4. The number of piperidine rings is 1. The van der Waals surface area contributed by atoms with Gasteiger partial charge in [-0.3, -0.25) is 19.8 Å². The minimum Gasteiger partial charge on any atom is -0.455 e. The fraction of sp³-hybridized carbons (Fsp3) is 0.490. The van der Waals surface area contributed by atoms with Crippen LogP contribution in [0.15, 0.2) is 84.1 Å². The van der Waals surface area contributed by atoms with Crippen LogP contribution in [-0.4, -0.2) is 107 Å². The quantitative estimate of drug-likeness (QED) is 0.0661. The van der Waals surface area contributed by atoms with Gasteiger partial charge in [-0.25, -0.2) is 23.1 Å². The Kier molecular flexibility index (Phi) is 11.8. The van der Waals surface area contributed by atoms with Crippen LogP contribution in [0.5, 0.6) is 11.5 Å². The van der Waals surface area contributed by atoms with Gasteiger partial charge in [-0.15, -0.1) is 0 Å². The number of nitro groups is 1. The van der Waals surface area contributed by atoms with E-state index in [4.69, 9.17) is 4.74 Å². The van der Waals surface area contributed by atoms with Gasteiger partial charge in [-0.2, -0.15) is 0 Å². The summed E-state index contributed by atoms with van der Waals surface area (Å²) in [5.74, 6) is 0.338. The van der Waals surface area contributed by atoms with E-state index in [9.17, 15) is 28.4 Å². The SMILES string of the molecule is CN1CCN(C2CC3(CCN(c4ccc(C(=O)NS(=O)(=O)c5cnc(NC[C@H]6CC[C@](C)(O)CC6)c([N+](=O)[O-])c5)c(Oc5cnc6[nH]ccc6c5)c4)CC3)C2)[C@@H](c2ccccc2C2CC2)C1. The molecule has 1 spiro atoms. The number of aromatic amines is 1. The molecule has 5 aliphatic rings. The number of benzene rings is 2. The molecule has 0 radical (unpaired) electrons. The van der Waals surface area contributed by atoms with Gasteiger partial charge in [0.1, 0.15) is 22.0 Å². The standard InChI is InChI=1S/C49H59N9O7S/c1-48(60)14-11-32(12-15-48)28-51-46-42(58(61)62)25-38(30-53-46)66(63,64)54-47(59)41-10-9-35(24-44(41)65-37-23-34-13-18-50-45(34)52-29-37)56-19-16-49(17-20-56)26-36(27-49)57-22-21-55(2)31-43(57)40-6-4-3-5-39(40)33-7-8-33/h3-6,9-10,13,18,23-25,29-30,32-33,36,43,60H,7-8,11-12,14-17,19-22,26-28,31H2,1-2H3,(H,50,52)(H,51,53)(H,54,59)/t32-,43-,48-/m1/s1. The van der Waals surface area contributed by atoms with Crippen LogP contribution in [0.2, 0.25) is 0 Å². The highest BCUT2D eigenvalue weighted by Gasteiger charge is 2.50. The molecule has 10 rings (SSSR count). The Hall–Kier alpha value is -5.62. The number of piperazine rings is 1. The van der Waals surface area contributed by atoms with Crippen molar-refractivity contribution in [2.24, 2.45) is 11.3 Å². The van der Waals surface area contributed by atoms with Crippen LogP contribution in [0.3, 0.4) is 0 Å². The lowest BCUT2D eigenvalue weighted by atomic mass is 9.59. The maximum absolute atomic E-state index is 14.0. The van der Waals surface area contributed by atoms with E-state index in [1.807, 2.05) is 12.1 Å². The first-order valence-corrected chi connectivity index (χ1v) is 24.9. The number of anilines is 2. The summed E-state index contributed by atoms with van der Waals surface area (Å²) in [6.07, 6.45) is 14.1. The summed E-state index contributed by atoms with van der Waals surface area (Å²) >= 11 is 0. The molecule has 2 saturated heterocycles. The van der Waals surface area contributed by atoms with E-state index in [0.29, 0.717) is 48.8 Å².